The standard InChI is InChI=1S/C21H20FN3O4/c1-15-6-4-7-16(12-15)21(28)24-13-20(27)29-14-19(26)25(11-5-10-23)18-9-3-2-8-17(18)22/h2-4,6-9,12H,5,11,13-14H2,1H3,(H,24,28). The van der Waals surface area contributed by atoms with E-state index in [2.05, 4.69) is 5.32 Å². The Kier molecular flexibility index (Phi) is 7.86. The number of carbonyl (C=O) groups is 3. The van der Waals surface area contributed by atoms with Crippen molar-refractivity contribution in [2.24, 2.45) is 0 Å². The first kappa shape index (κ1) is 21.6. The van der Waals surface area contributed by atoms with Crippen LogP contribution >= 0.6 is 0 Å². The van der Waals surface area contributed by atoms with Gasteiger partial charge in [0.1, 0.15) is 12.4 Å². The van der Waals surface area contributed by atoms with Crippen LogP contribution < -0.4 is 10.2 Å². The van der Waals surface area contributed by atoms with Crippen molar-refractivity contribution < 1.29 is 23.5 Å². The number of hydrogen-bond donors (Lipinski definition) is 1. The van der Waals surface area contributed by atoms with Crippen LogP contribution in [0.3, 0.4) is 0 Å². The molecule has 0 atom stereocenters. The molecule has 0 fully saturated rings. The van der Waals surface area contributed by atoms with Crippen LogP contribution in [0.2, 0.25) is 0 Å². The highest BCUT2D eigenvalue weighted by atomic mass is 19.1. The lowest BCUT2D eigenvalue weighted by Crippen LogP contribution is -2.37. The molecule has 0 radical (unpaired) electrons. The van der Waals surface area contributed by atoms with Crippen LogP contribution in [-0.4, -0.2) is 37.5 Å². The van der Waals surface area contributed by atoms with E-state index in [1.165, 1.54) is 18.2 Å². The van der Waals surface area contributed by atoms with Gasteiger partial charge in [-0.25, -0.2) is 4.39 Å². The number of esters is 1. The van der Waals surface area contributed by atoms with Crippen LogP contribution in [0.25, 0.3) is 0 Å². The maximum absolute atomic E-state index is 14.0. The summed E-state index contributed by atoms with van der Waals surface area (Å²) in [6, 6.07) is 14.3. The Bertz CT molecular complexity index is 940. The van der Waals surface area contributed by atoms with Crippen LogP contribution in [0.1, 0.15) is 22.3 Å². The summed E-state index contributed by atoms with van der Waals surface area (Å²) in [6.45, 7) is 0.735. The number of anilines is 1. The molecule has 7 nitrogen and oxygen atoms in total. The van der Waals surface area contributed by atoms with Gasteiger partial charge in [-0.05, 0) is 31.2 Å². The fraction of sp³-hybridized carbons (Fsp3) is 0.238. The molecule has 0 saturated heterocycles. The van der Waals surface area contributed by atoms with Crippen molar-refractivity contribution in [1.82, 2.24) is 5.32 Å². The normalized spacial score (nSPS) is 9.97. The number of ether oxygens (including phenoxy) is 1. The van der Waals surface area contributed by atoms with Crippen LogP contribution in [0, 0.1) is 24.1 Å². The van der Waals surface area contributed by atoms with Crippen molar-refractivity contribution in [3.05, 3.63) is 65.5 Å². The van der Waals surface area contributed by atoms with Crippen molar-refractivity contribution in [2.45, 2.75) is 13.3 Å². The van der Waals surface area contributed by atoms with E-state index in [0.717, 1.165) is 10.5 Å². The van der Waals surface area contributed by atoms with E-state index >= 15 is 0 Å². The third kappa shape index (κ3) is 6.43. The first-order chi connectivity index (χ1) is 13.9. The Morgan fingerprint density at radius 3 is 2.62 bits per heavy atom. The lowest BCUT2D eigenvalue weighted by Gasteiger charge is -2.22. The molecule has 29 heavy (non-hydrogen) atoms. The van der Waals surface area contributed by atoms with E-state index in [4.69, 9.17) is 10.00 Å². The van der Waals surface area contributed by atoms with Gasteiger partial charge in [0.15, 0.2) is 6.61 Å². The SMILES string of the molecule is Cc1cccc(C(=O)NCC(=O)OCC(=O)N(CCC#N)c2ccccc2F)c1. The van der Waals surface area contributed by atoms with Crippen LogP contribution in [0.5, 0.6) is 0 Å². The lowest BCUT2D eigenvalue weighted by atomic mass is 10.1. The topological polar surface area (TPSA) is 99.5 Å². The molecule has 0 aliphatic rings. The van der Waals surface area contributed by atoms with Gasteiger partial charge in [0.2, 0.25) is 0 Å². The summed E-state index contributed by atoms with van der Waals surface area (Å²) in [5.74, 6) is -2.56. The Hall–Kier alpha value is -3.73. The average Bonchev–Trinajstić information content (AvgIpc) is 2.71. The molecule has 150 valence electrons. The maximum Gasteiger partial charge on any atom is 0.325 e. The maximum atomic E-state index is 14.0. The zero-order chi connectivity index (χ0) is 21.2. The summed E-state index contributed by atoms with van der Waals surface area (Å²) < 4.78 is 18.9. The summed E-state index contributed by atoms with van der Waals surface area (Å²) >= 11 is 0. The first-order valence-corrected chi connectivity index (χ1v) is 8.84. The van der Waals surface area contributed by atoms with Crippen molar-refractivity contribution in [1.29, 1.82) is 5.26 Å². The molecule has 0 spiro atoms. The van der Waals surface area contributed by atoms with Gasteiger partial charge in [-0.15, -0.1) is 0 Å². The second kappa shape index (κ2) is 10.6. The van der Waals surface area contributed by atoms with Crippen molar-refractivity contribution in [3.63, 3.8) is 0 Å². The summed E-state index contributed by atoms with van der Waals surface area (Å²) in [5, 5.41) is 11.2. The van der Waals surface area contributed by atoms with Gasteiger partial charge in [0.05, 0.1) is 18.2 Å². The number of benzene rings is 2. The number of hydrogen-bond acceptors (Lipinski definition) is 5. The molecule has 0 aliphatic heterocycles. The molecule has 0 heterocycles. The highest BCUT2D eigenvalue weighted by Crippen LogP contribution is 2.19. The highest BCUT2D eigenvalue weighted by molar-refractivity contribution is 5.97. The van der Waals surface area contributed by atoms with Gasteiger partial charge in [0.25, 0.3) is 11.8 Å². The predicted molar refractivity (Wildman–Crippen MR) is 103 cm³/mol. The number of carbonyl (C=O) groups excluding carboxylic acids is 3. The van der Waals surface area contributed by atoms with Crippen molar-refractivity contribution in [2.75, 3.05) is 24.6 Å². The fourth-order valence-corrected chi connectivity index (χ4v) is 2.52. The number of para-hydroxylation sites is 1. The molecule has 2 aromatic carbocycles. The van der Waals surface area contributed by atoms with E-state index in [1.54, 1.807) is 24.3 Å². The number of rotatable bonds is 8. The molecule has 8 heteroatoms. The average molecular weight is 397 g/mol. The number of nitrogens with zero attached hydrogens (tertiary/aromatic N) is 2. The summed E-state index contributed by atoms with van der Waals surface area (Å²) in [5.41, 5.74) is 1.30. The zero-order valence-electron chi connectivity index (χ0n) is 15.9. The quantitative estimate of drug-likeness (QED) is 0.690. The van der Waals surface area contributed by atoms with Gasteiger partial charge in [-0.3, -0.25) is 14.4 Å². The number of nitriles is 1. The van der Waals surface area contributed by atoms with Crippen LogP contribution in [-0.2, 0) is 14.3 Å². The minimum Gasteiger partial charge on any atom is -0.454 e. The first-order valence-electron chi connectivity index (χ1n) is 8.84. The Morgan fingerprint density at radius 1 is 1.17 bits per heavy atom. The van der Waals surface area contributed by atoms with Crippen molar-refractivity contribution >= 4 is 23.5 Å². The summed E-state index contributed by atoms with van der Waals surface area (Å²) in [4.78, 5) is 37.3. The molecule has 0 aliphatic carbocycles. The molecule has 0 unspecified atom stereocenters. The molecular formula is C21H20FN3O4. The van der Waals surface area contributed by atoms with E-state index in [9.17, 15) is 18.8 Å². The highest BCUT2D eigenvalue weighted by Gasteiger charge is 2.20. The zero-order valence-corrected chi connectivity index (χ0v) is 15.9. The largest absolute Gasteiger partial charge is 0.454 e. The third-order valence-electron chi connectivity index (χ3n) is 3.92. The Labute approximate surface area is 167 Å². The monoisotopic (exact) mass is 397 g/mol. The number of halogens is 1. The van der Waals surface area contributed by atoms with Crippen LogP contribution in [0.4, 0.5) is 10.1 Å². The minimum absolute atomic E-state index is 0.00320. The number of nitrogens with one attached hydrogen (secondary N) is 1. The fourth-order valence-electron chi connectivity index (χ4n) is 2.52. The summed E-state index contributed by atoms with van der Waals surface area (Å²) in [7, 11) is 0. The minimum atomic E-state index is -0.812. The number of aryl methyl sites for hydroxylation is 1. The van der Waals surface area contributed by atoms with Crippen LogP contribution in [0.15, 0.2) is 48.5 Å². The molecule has 2 amide bonds. The summed E-state index contributed by atoms with van der Waals surface area (Å²) in [6.07, 6.45) is -0.0133. The molecule has 0 aromatic heterocycles. The molecule has 0 saturated carbocycles. The number of amides is 2. The Balaban J connectivity index is 1.90. The molecule has 2 aromatic rings. The van der Waals surface area contributed by atoms with E-state index in [1.807, 2.05) is 19.1 Å². The smallest absolute Gasteiger partial charge is 0.325 e. The van der Waals surface area contributed by atoms with Gasteiger partial charge in [0, 0.05) is 12.1 Å². The molecule has 2 rings (SSSR count). The third-order valence-corrected chi connectivity index (χ3v) is 3.92. The lowest BCUT2D eigenvalue weighted by molar-refractivity contribution is -0.146. The van der Waals surface area contributed by atoms with E-state index < -0.39 is 36.8 Å². The van der Waals surface area contributed by atoms with Gasteiger partial charge in [-0.1, -0.05) is 29.8 Å². The van der Waals surface area contributed by atoms with Crippen molar-refractivity contribution in [3.8, 4) is 6.07 Å². The molecule has 1 N–H and O–H groups in total. The van der Waals surface area contributed by atoms with E-state index in [0.29, 0.717) is 5.56 Å². The van der Waals surface area contributed by atoms with E-state index in [-0.39, 0.29) is 18.7 Å². The second-order valence-corrected chi connectivity index (χ2v) is 6.12. The Morgan fingerprint density at radius 2 is 1.93 bits per heavy atom. The van der Waals surface area contributed by atoms with Gasteiger partial charge in [-0.2, -0.15) is 5.26 Å². The van der Waals surface area contributed by atoms with Gasteiger partial charge < -0.3 is 15.0 Å². The molecular weight excluding hydrogens is 377 g/mol. The predicted octanol–water partition coefficient (Wildman–Crippen LogP) is 2.35. The molecule has 0 bridgehead atoms. The van der Waals surface area contributed by atoms with Gasteiger partial charge >= 0.3 is 5.97 Å². The second-order valence-electron chi connectivity index (χ2n) is 6.12.